The SMILES string of the molecule is Cc1ccc(C)c(Cn2cnc3c(-c4cccc(F)c4)csc3c2=O)c1. The molecule has 0 atom stereocenters. The van der Waals surface area contributed by atoms with Crippen LogP contribution in [0.5, 0.6) is 0 Å². The molecule has 2 heterocycles. The molecule has 0 spiro atoms. The van der Waals surface area contributed by atoms with Gasteiger partial charge in [0.05, 0.1) is 18.4 Å². The van der Waals surface area contributed by atoms with Crippen LogP contribution in [0.25, 0.3) is 21.3 Å². The van der Waals surface area contributed by atoms with E-state index < -0.39 is 0 Å². The van der Waals surface area contributed by atoms with Crippen LogP contribution in [0.3, 0.4) is 0 Å². The van der Waals surface area contributed by atoms with Crippen LogP contribution in [-0.2, 0) is 6.54 Å². The number of benzene rings is 2. The first kappa shape index (κ1) is 16.7. The number of nitrogens with zero attached hydrogens (tertiary/aromatic N) is 2. The predicted molar refractivity (Wildman–Crippen MR) is 104 cm³/mol. The first-order valence-corrected chi connectivity index (χ1v) is 9.19. The molecule has 0 fully saturated rings. The van der Waals surface area contributed by atoms with Crippen LogP contribution in [0.15, 0.2) is 59.0 Å². The van der Waals surface area contributed by atoms with E-state index in [1.807, 2.05) is 25.3 Å². The van der Waals surface area contributed by atoms with Gasteiger partial charge < -0.3 is 0 Å². The van der Waals surface area contributed by atoms with Crippen LogP contribution < -0.4 is 5.56 Å². The van der Waals surface area contributed by atoms with E-state index in [1.165, 1.54) is 23.5 Å². The Hall–Kier alpha value is -2.79. The molecule has 3 nitrogen and oxygen atoms in total. The van der Waals surface area contributed by atoms with Crippen LogP contribution in [0.4, 0.5) is 4.39 Å². The lowest BCUT2D eigenvalue weighted by molar-refractivity contribution is 0.628. The summed E-state index contributed by atoms with van der Waals surface area (Å²) < 4.78 is 15.8. The number of rotatable bonds is 3. The predicted octanol–water partition coefficient (Wildman–Crippen LogP) is 4.93. The first-order chi connectivity index (χ1) is 12.5. The van der Waals surface area contributed by atoms with E-state index in [1.54, 1.807) is 17.0 Å². The summed E-state index contributed by atoms with van der Waals surface area (Å²) in [7, 11) is 0. The maximum Gasteiger partial charge on any atom is 0.271 e. The highest BCUT2D eigenvalue weighted by Crippen LogP contribution is 2.31. The van der Waals surface area contributed by atoms with Gasteiger partial charge in [-0.15, -0.1) is 11.3 Å². The second-order valence-corrected chi connectivity index (χ2v) is 7.32. The summed E-state index contributed by atoms with van der Waals surface area (Å²) in [6.45, 7) is 4.57. The highest BCUT2D eigenvalue weighted by Gasteiger charge is 2.13. The van der Waals surface area contributed by atoms with Gasteiger partial charge >= 0.3 is 0 Å². The molecule has 0 N–H and O–H groups in total. The molecule has 4 rings (SSSR count). The Morgan fingerprint density at radius 1 is 1.15 bits per heavy atom. The molecule has 26 heavy (non-hydrogen) atoms. The number of hydrogen-bond acceptors (Lipinski definition) is 3. The molecular formula is C21H17FN2OS. The zero-order valence-corrected chi connectivity index (χ0v) is 15.3. The van der Waals surface area contributed by atoms with Gasteiger partial charge in [0.2, 0.25) is 0 Å². The molecule has 2 aromatic carbocycles. The van der Waals surface area contributed by atoms with E-state index >= 15 is 0 Å². The largest absolute Gasteiger partial charge is 0.294 e. The van der Waals surface area contributed by atoms with Crippen LogP contribution in [0, 0.1) is 19.7 Å². The van der Waals surface area contributed by atoms with Crippen molar-refractivity contribution in [2.75, 3.05) is 0 Å². The molecule has 2 aromatic heterocycles. The highest BCUT2D eigenvalue weighted by molar-refractivity contribution is 7.17. The van der Waals surface area contributed by atoms with Crippen molar-refractivity contribution in [3.63, 3.8) is 0 Å². The third-order valence-electron chi connectivity index (χ3n) is 4.53. The maximum absolute atomic E-state index is 13.5. The molecule has 0 saturated heterocycles. The van der Waals surface area contributed by atoms with Crippen molar-refractivity contribution in [1.82, 2.24) is 9.55 Å². The normalized spacial score (nSPS) is 11.2. The minimum atomic E-state index is -0.301. The molecule has 0 aliphatic heterocycles. The van der Waals surface area contributed by atoms with Gasteiger partial charge in [-0.2, -0.15) is 0 Å². The van der Waals surface area contributed by atoms with Crippen molar-refractivity contribution >= 4 is 21.6 Å². The molecule has 0 unspecified atom stereocenters. The van der Waals surface area contributed by atoms with E-state index in [9.17, 15) is 9.18 Å². The first-order valence-electron chi connectivity index (χ1n) is 8.31. The van der Waals surface area contributed by atoms with Gasteiger partial charge in [-0.1, -0.05) is 35.9 Å². The topological polar surface area (TPSA) is 34.9 Å². The number of fused-ring (bicyclic) bond motifs is 1. The van der Waals surface area contributed by atoms with Crippen LogP contribution in [-0.4, -0.2) is 9.55 Å². The van der Waals surface area contributed by atoms with Crippen LogP contribution in [0.1, 0.15) is 16.7 Å². The number of hydrogen-bond donors (Lipinski definition) is 0. The third kappa shape index (κ3) is 2.95. The fourth-order valence-corrected chi connectivity index (χ4v) is 4.05. The van der Waals surface area contributed by atoms with Crippen molar-refractivity contribution in [1.29, 1.82) is 0 Å². The lowest BCUT2D eigenvalue weighted by atomic mass is 10.1. The molecule has 0 amide bonds. The van der Waals surface area contributed by atoms with E-state index in [2.05, 4.69) is 23.2 Å². The van der Waals surface area contributed by atoms with E-state index in [-0.39, 0.29) is 11.4 Å². The smallest absolute Gasteiger partial charge is 0.271 e. The van der Waals surface area contributed by atoms with E-state index in [4.69, 9.17) is 0 Å². The molecule has 5 heteroatoms. The number of aryl methyl sites for hydroxylation is 2. The van der Waals surface area contributed by atoms with Gasteiger partial charge in [0.1, 0.15) is 10.5 Å². The van der Waals surface area contributed by atoms with Crippen molar-refractivity contribution in [2.24, 2.45) is 0 Å². The molecule has 4 aromatic rings. The quantitative estimate of drug-likeness (QED) is 0.517. The van der Waals surface area contributed by atoms with Gasteiger partial charge in [0.15, 0.2) is 0 Å². The third-order valence-corrected chi connectivity index (χ3v) is 5.48. The van der Waals surface area contributed by atoms with Gasteiger partial charge in [-0.05, 0) is 42.7 Å². The van der Waals surface area contributed by atoms with E-state index in [0.29, 0.717) is 16.8 Å². The number of aromatic nitrogens is 2. The highest BCUT2D eigenvalue weighted by atomic mass is 32.1. The minimum Gasteiger partial charge on any atom is -0.294 e. The number of halogens is 1. The van der Waals surface area contributed by atoms with Gasteiger partial charge in [-0.3, -0.25) is 9.36 Å². The second kappa shape index (κ2) is 6.50. The summed E-state index contributed by atoms with van der Waals surface area (Å²) in [4.78, 5) is 17.4. The van der Waals surface area contributed by atoms with Crippen molar-refractivity contribution in [3.05, 3.63) is 87.0 Å². The molecule has 0 radical (unpaired) electrons. The average Bonchev–Trinajstić information content (AvgIpc) is 3.05. The van der Waals surface area contributed by atoms with Gasteiger partial charge in [0.25, 0.3) is 5.56 Å². The Balaban J connectivity index is 1.79. The van der Waals surface area contributed by atoms with Gasteiger partial charge in [0, 0.05) is 10.9 Å². The van der Waals surface area contributed by atoms with Crippen molar-refractivity contribution < 1.29 is 4.39 Å². The summed E-state index contributed by atoms with van der Waals surface area (Å²) in [5.41, 5.74) is 5.50. The average molecular weight is 364 g/mol. The molecule has 0 saturated carbocycles. The Morgan fingerprint density at radius 2 is 2.00 bits per heavy atom. The standard InChI is InChI=1S/C21H17FN2OS/c1-13-6-7-14(2)16(8-13)10-24-12-23-19-18(11-26-20(19)21(24)25)15-4-3-5-17(22)9-15/h3-9,11-12H,10H2,1-2H3. The zero-order valence-electron chi connectivity index (χ0n) is 14.5. The summed E-state index contributed by atoms with van der Waals surface area (Å²) in [6, 6.07) is 12.6. The minimum absolute atomic E-state index is 0.0661. The fraction of sp³-hybridized carbons (Fsp3) is 0.143. The summed E-state index contributed by atoms with van der Waals surface area (Å²) >= 11 is 1.36. The summed E-state index contributed by atoms with van der Waals surface area (Å²) in [5, 5.41) is 1.87. The van der Waals surface area contributed by atoms with Crippen molar-refractivity contribution in [3.8, 4) is 11.1 Å². The monoisotopic (exact) mass is 364 g/mol. The van der Waals surface area contributed by atoms with Crippen molar-refractivity contribution in [2.45, 2.75) is 20.4 Å². The molecular weight excluding hydrogens is 347 g/mol. The second-order valence-electron chi connectivity index (χ2n) is 6.45. The van der Waals surface area contributed by atoms with E-state index in [0.717, 1.165) is 27.8 Å². The van der Waals surface area contributed by atoms with Crippen LogP contribution in [0.2, 0.25) is 0 Å². The lowest BCUT2D eigenvalue weighted by Gasteiger charge is -2.09. The maximum atomic E-state index is 13.5. The summed E-state index contributed by atoms with van der Waals surface area (Å²) in [6.07, 6.45) is 1.59. The van der Waals surface area contributed by atoms with Crippen LogP contribution >= 0.6 is 11.3 Å². The Labute approximate surface area is 154 Å². The molecule has 0 bridgehead atoms. The lowest BCUT2D eigenvalue weighted by Crippen LogP contribution is -2.20. The van der Waals surface area contributed by atoms with Gasteiger partial charge in [-0.25, -0.2) is 9.37 Å². The summed E-state index contributed by atoms with van der Waals surface area (Å²) in [5.74, 6) is -0.301. The number of thiophene rings is 1. The molecule has 130 valence electrons. The molecule has 0 aliphatic carbocycles. The molecule has 0 aliphatic rings. The fourth-order valence-electron chi connectivity index (χ4n) is 3.07. The Morgan fingerprint density at radius 3 is 2.81 bits per heavy atom. The zero-order chi connectivity index (χ0) is 18.3. The Kier molecular flexibility index (Phi) is 4.17. The Bertz CT molecular complexity index is 1180.